The minimum atomic E-state index is -3.25. The maximum atomic E-state index is 14.4. The Morgan fingerprint density at radius 2 is 1.79 bits per heavy atom. The van der Waals surface area contributed by atoms with Crippen molar-refractivity contribution in [1.82, 2.24) is 14.7 Å². The smallest absolute Gasteiger partial charge is 0.229 e. The van der Waals surface area contributed by atoms with Crippen molar-refractivity contribution in [2.75, 3.05) is 24.9 Å². The lowest BCUT2D eigenvalue weighted by atomic mass is 10.2. The van der Waals surface area contributed by atoms with Crippen LogP contribution in [0.2, 0.25) is 0 Å². The monoisotopic (exact) mass is 487 g/mol. The molecule has 1 heterocycles. The molecule has 0 spiro atoms. The van der Waals surface area contributed by atoms with E-state index < -0.39 is 15.8 Å². The zero-order valence-electron chi connectivity index (χ0n) is 19.1. The van der Waals surface area contributed by atoms with Crippen LogP contribution in [0, 0.1) is 12.7 Å². The molecule has 1 saturated carbocycles. The van der Waals surface area contributed by atoms with Crippen LogP contribution >= 0.6 is 0 Å². The van der Waals surface area contributed by atoms with E-state index >= 15 is 0 Å². The molecule has 3 N–H and O–H groups in total. The molecule has 1 aromatic heterocycles. The third-order valence-corrected chi connectivity index (χ3v) is 7.22. The van der Waals surface area contributed by atoms with E-state index in [1.165, 1.54) is 0 Å². The zero-order chi connectivity index (χ0) is 24.3. The second-order valence-electron chi connectivity index (χ2n) is 7.93. The number of ether oxygens (including phenoxy) is 2. The van der Waals surface area contributed by atoms with Crippen LogP contribution in [-0.4, -0.2) is 37.9 Å². The summed E-state index contributed by atoms with van der Waals surface area (Å²) in [6.07, 6.45) is 2.50. The van der Waals surface area contributed by atoms with Gasteiger partial charge in [0, 0.05) is 24.0 Å². The van der Waals surface area contributed by atoms with Gasteiger partial charge in [-0.1, -0.05) is 12.1 Å². The molecule has 0 radical (unpaired) electrons. The van der Waals surface area contributed by atoms with E-state index in [-0.39, 0.29) is 23.6 Å². The van der Waals surface area contributed by atoms with Gasteiger partial charge < -0.3 is 20.1 Å². The van der Waals surface area contributed by atoms with E-state index in [1.807, 2.05) is 13.0 Å². The topological polar surface area (TPSA) is 114 Å². The maximum absolute atomic E-state index is 14.4. The number of nitrogens with zero attached hydrogens (tertiary/aromatic N) is 2. The van der Waals surface area contributed by atoms with Gasteiger partial charge in [-0.05, 0) is 49.1 Å². The third kappa shape index (κ3) is 5.54. The number of hydrogen-bond donors (Lipinski definition) is 3. The Kier molecular flexibility index (Phi) is 6.85. The molecule has 3 aromatic rings. The van der Waals surface area contributed by atoms with Crippen LogP contribution in [0.25, 0.3) is 0 Å². The highest BCUT2D eigenvalue weighted by molar-refractivity contribution is 7.90. The number of halogens is 1. The number of nitrogens with one attached hydrogen (secondary N) is 3. The van der Waals surface area contributed by atoms with E-state index in [1.54, 1.807) is 44.6 Å². The second-order valence-corrected chi connectivity index (χ2v) is 9.98. The van der Waals surface area contributed by atoms with Crippen molar-refractivity contribution in [3.8, 4) is 11.5 Å². The Balaban J connectivity index is 1.45. The Hall–Kier alpha value is -3.44. The molecular weight excluding hydrogens is 461 g/mol. The highest BCUT2D eigenvalue weighted by atomic mass is 32.2. The average molecular weight is 488 g/mol. The molecule has 0 unspecified atom stereocenters. The van der Waals surface area contributed by atoms with Crippen molar-refractivity contribution in [3.05, 3.63) is 59.5 Å². The van der Waals surface area contributed by atoms with Crippen molar-refractivity contribution in [2.45, 2.75) is 31.6 Å². The summed E-state index contributed by atoms with van der Waals surface area (Å²) in [5.41, 5.74) is 2.90. The van der Waals surface area contributed by atoms with Crippen molar-refractivity contribution in [3.63, 3.8) is 0 Å². The number of rotatable bonds is 10. The van der Waals surface area contributed by atoms with Crippen molar-refractivity contribution >= 4 is 33.2 Å². The van der Waals surface area contributed by atoms with Crippen LogP contribution in [0.1, 0.15) is 24.0 Å². The molecule has 0 bridgehead atoms. The largest absolute Gasteiger partial charge is 0.493 e. The summed E-state index contributed by atoms with van der Waals surface area (Å²) in [6.45, 7) is 2.09. The summed E-state index contributed by atoms with van der Waals surface area (Å²) in [5.74, 6) is 0.748. The van der Waals surface area contributed by atoms with E-state index in [4.69, 9.17) is 9.47 Å². The van der Waals surface area contributed by atoms with Gasteiger partial charge in [-0.3, -0.25) is 0 Å². The lowest BCUT2D eigenvalue weighted by Crippen LogP contribution is -2.26. The highest BCUT2D eigenvalue weighted by Gasteiger charge is 2.35. The minimum Gasteiger partial charge on any atom is -0.493 e. The maximum Gasteiger partial charge on any atom is 0.229 e. The summed E-state index contributed by atoms with van der Waals surface area (Å²) < 4.78 is 51.6. The molecule has 9 nitrogen and oxygen atoms in total. The molecule has 0 saturated heterocycles. The van der Waals surface area contributed by atoms with Crippen LogP contribution in [0.5, 0.6) is 11.5 Å². The number of anilines is 4. The predicted molar refractivity (Wildman–Crippen MR) is 128 cm³/mol. The molecule has 1 aliphatic rings. The summed E-state index contributed by atoms with van der Waals surface area (Å²) in [4.78, 5) is 8.25. The molecule has 1 aliphatic carbocycles. The number of benzene rings is 2. The minimum absolute atomic E-state index is 0.00288. The molecule has 180 valence electrons. The van der Waals surface area contributed by atoms with Crippen LogP contribution in [0.4, 0.5) is 27.5 Å². The first-order valence-corrected chi connectivity index (χ1v) is 12.2. The molecule has 11 heteroatoms. The first kappa shape index (κ1) is 23.7. The molecule has 1 fully saturated rings. The van der Waals surface area contributed by atoms with Gasteiger partial charge in [-0.25, -0.2) is 22.5 Å². The summed E-state index contributed by atoms with van der Waals surface area (Å²) in [5, 5.41) is 5.71. The van der Waals surface area contributed by atoms with Gasteiger partial charge in [0.25, 0.3) is 0 Å². The fourth-order valence-electron chi connectivity index (χ4n) is 3.39. The van der Waals surface area contributed by atoms with Crippen molar-refractivity contribution in [2.24, 2.45) is 0 Å². The van der Waals surface area contributed by atoms with Crippen molar-refractivity contribution < 1.29 is 22.3 Å². The van der Waals surface area contributed by atoms with E-state index in [9.17, 15) is 12.8 Å². The average Bonchev–Trinajstić information content (AvgIpc) is 3.67. The lowest BCUT2D eigenvalue weighted by Gasteiger charge is -2.14. The van der Waals surface area contributed by atoms with Crippen LogP contribution < -0.4 is 24.8 Å². The Morgan fingerprint density at radius 1 is 1.06 bits per heavy atom. The highest BCUT2D eigenvalue weighted by Crippen LogP contribution is 2.35. The first-order valence-electron chi connectivity index (χ1n) is 10.7. The van der Waals surface area contributed by atoms with E-state index in [2.05, 4.69) is 25.3 Å². The predicted octanol–water partition coefficient (Wildman–Crippen LogP) is 4.01. The van der Waals surface area contributed by atoms with Crippen molar-refractivity contribution in [1.29, 1.82) is 0 Å². The normalized spacial score (nSPS) is 13.4. The quantitative estimate of drug-likeness (QED) is 0.393. The Bertz CT molecular complexity index is 1280. The Morgan fingerprint density at radius 3 is 2.44 bits per heavy atom. The van der Waals surface area contributed by atoms with Gasteiger partial charge in [0.15, 0.2) is 23.1 Å². The van der Waals surface area contributed by atoms with E-state index in [0.29, 0.717) is 35.7 Å². The van der Waals surface area contributed by atoms with Gasteiger partial charge in [0.05, 0.1) is 25.7 Å². The number of aryl methyl sites for hydroxylation is 1. The molecule has 0 atom stereocenters. The van der Waals surface area contributed by atoms with Gasteiger partial charge in [0.2, 0.25) is 16.0 Å². The fourth-order valence-corrected chi connectivity index (χ4v) is 4.75. The molecule has 4 rings (SSSR count). The fraction of sp³-hybridized carbons (Fsp3) is 0.304. The summed E-state index contributed by atoms with van der Waals surface area (Å²) >= 11 is 0. The number of methoxy groups -OCH3 is 2. The molecule has 2 aromatic carbocycles. The van der Waals surface area contributed by atoms with Gasteiger partial charge >= 0.3 is 0 Å². The van der Waals surface area contributed by atoms with Crippen LogP contribution in [-0.2, 0) is 16.6 Å². The third-order valence-electron chi connectivity index (χ3n) is 5.32. The number of aromatic nitrogens is 2. The Labute approximate surface area is 197 Å². The van der Waals surface area contributed by atoms with E-state index in [0.717, 1.165) is 17.3 Å². The van der Waals surface area contributed by atoms with Crippen LogP contribution in [0.15, 0.2) is 42.6 Å². The van der Waals surface area contributed by atoms with Gasteiger partial charge in [-0.15, -0.1) is 0 Å². The van der Waals surface area contributed by atoms with Crippen LogP contribution in [0.3, 0.4) is 0 Å². The summed E-state index contributed by atoms with van der Waals surface area (Å²) in [7, 11) is -0.131. The first-order chi connectivity index (χ1) is 16.3. The number of sulfonamides is 1. The second kappa shape index (κ2) is 9.82. The standard InChI is InChI=1S/C23H26FN5O4S/c1-14-10-17(11-20(32-2)21(14)33-3)28-23-25-13-19(24)22(29-23)27-16-6-4-15(5-7-16)12-26-34(30,31)18-8-9-18/h4-7,10-11,13,18,26H,8-9,12H2,1-3H3,(H2,25,27,28,29). The SMILES string of the molecule is COc1cc(Nc2ncc(F)c(Nc3ccc(CNS(=O)(=O)C4CC4)cc3)n2)cc(C)c1OC. The van der Waals surface area contributed by atoms with Gasteiger partial charge in [-0.2, -0.15) is 4.98 Å². The summed E-state index contributed by atoms with van der Waals surface area (Å²) in [6, 6.07) is 10.6. The molecule has 34 heavy (non-hydrogen) atoms. The molecular formula is C23H26FN5O4S. The lowest BCUT2D eigenvalue weighted by molar-refractivity contribution is 0.353. The van der Waals surface area contributed by atoms with Gasteiger partial charge in [0.1, 0.15) is 0 Å². The molecule has 0 aliphatic heterocycles. The number of hydrogen-bond acceptors (Lipinski definition) is 8. The zero-order valence-corrected chi connectivity index (χ0v) is 19.9. The molecule has 0 amide bonds.